The van der Waals surface area contributed by atoms with Crippen molar-refractivity contribution in [2.24, 2.45) is 11.8 Å². The summed E-state index contributed by atoms with van der Waals surface area (Å²) in [5.41, 5.74) is 0.450. The molecule has 1 unspecified atom stereocenters. The Balaban J connectivity index is 1.71. The molecule has 0 amide bonds. The van der Waals surface area contributed by atoms with E-state index in [-0.39, 0.29) is 24.4 Å². The van der Waals surface area contributed by atoms with Gasteiger partial charge in [-0.2, -0.15) is 0 Å². The van der Waals surface area contributed by atoms with Gasteiger partial charge in [0.05, 0.1) is 17.9 Å². The van der Waals surface area contributed by atoms with Crippen LogP contribution in [0.5, 0.6) is 0 Å². The van der Waals surface area contributed by atoms with Crippen LogP contribution in [-0.2, 0) is 19.1 Å². The molecule has 0 N–H and O–H groups in total. The number of carbonyl (C=O) groups is 3. The summed E-state index contributed by atoms with van der Waals surface area (Å²) in [5.74, 6) is -1.35. The first-order chi connectivity index (χ1) is 9.69. The molecule has 0 spiro atoms. The Bertz CT molecular complexity index is 538. The van der Waals surface area contributed by atoms with Crippen LogP contribution in [0, 0.1) is 11.8 Å². The molecule has 3 rings (SSSR count). The number of hydrogen-bond donors (Lipinski definition) is 0. The van der Waals surface area contributed by atoms with Crippen LogP contribution in [0.1, 0.15) is 23.2 Å². The molecule has 5 nitrogen and oxygen atoms in total. The quantitative estimate of drug-likeness (QED) is 0.615. The highest BCUT2D eigenvalue weighted by Gasteiger charge is 2.51. The van der Waals surface area contributed by atoms with Crippen LogP contribution in [0.3, 0.4) is 0 Å². The summed E-state index contributed by atoms with van der Waals surface area (Å²) in [6.07, 6.45) is 0.594. The highest BCUT2D eigenvalue weighted by molar-refractivity contribution is 5.89. The maximum absolute atomic E-state index is 12.0. The Morgan fingerprint density at radius 2 is 2.05 bits per heavy atom. The minimum Gasteiger partial charge on any atom is -0.462 e. The van der Waals surface area contributed by atoms with Gasteiger partial charge in [-0.25, -0.2) is 4.79 Å². The van der Waals surface area contributed by atoms with Gasteiger partial charge in [-0.3, -0.25) is 4.79 Å². The molecular weight excluding hydrogens is 260 g/mol. The fourth-order valence-electron chi connectivity index (χ4n) is 2.99. The van der Waals surface area contributed by atoms with Crippen molar-refractivity contribution in [1.29, 1.82) is 0 Å². The van der Waals surface area contributed by atoms with Gasteiger partial charge < -0.3 is 14.3 Å². The number of benzene rings is 1. The van der Waals surface area contributed by atoms with Gasteiger partial charge in [0.25, 0.3) is 0 Å². The van der Waals surface area contributed by atoms with Crippen molar-refractivity contribution in [3.8, 4) is 0 Å². The molecule has 1 saturated carbocycles. The molecule has 4 atom stereocenters. The fraction of sp³-hybridized carbons (Fsp3) is 0.400. The summed E-state index contributed by atoms with van der Waals surface area (Å²) >= 11 is 0. The van der Waals surface area contributed by atoms with Crippen molar-refractivity contribution < 1.29 is 23.9 Å². The molecule has 2 aliphatic rings. The van der Waals surface area contributed by atoms with Gasteiger partial charge >= 0.3 is 11.9 Å². The Morgan fingerprint density at radius 1 is 1.30 bits per heavy atom. The maximum Gasteiger partial charge on any atom is 0.338 e. The zero-order chi connectivity index (χ0) is 14.1. The molecule has 1 aliphatic carbocycles. The summed E-state index contributed by atoms with van der Waals surface area (Å²) in [5, 5.41) is 0. The van der Waals surface area contributed by atoms with Gasteiger partial charge in [0.1, 0.15) is 18.5 Å². The molecule has 2 fully saturated rings. The molecule has 1 aromatic carbocycles. The molecular formula is C15H14O5. The number of rotatable bonds is 3. The third-order valence-corrected chi connectivity index (χ3v) is 3.98. The monoisotopic (exact) mass is 274 g/mol. The molecule has 1 aromatic rings. The van der Waals surface area contributed by atoms with E-state index in [0.29, 0.717) is 12.0 Å². The van der Waals surface area contributed by atoms with E-state index in [1.165, 1.54) is 0 Å². The van der Waals surface area contributed by atoms with Crippen LogP contribution in [0.2, 0.25) is 0 Å². The first-order valence-electron chi connectivity index (χ1n) is 6.60. The molecule has 0 bridgehead atoms. The van der Waals surface area contributed by atoms with Crippen LogP contribution >= 0.6 is 0 Å². The topological polar surface area (TPSA) is 69.7 Å². The minimum absolute atomic E-state index is 0.159. The van der Waals surface area contributed by atoms with Crippen LogP contribution in [-0.4, -0.2) is 30.4 Å². The van der Waals surface area contributed by atoms with Crippen LogP contribution in [0.4, 0.5) is 0 Å². The lowest BCUT2D eigenvalue weighted by atomic mass is 9.93. The zero-order valence-corrected chi connectivity index (χ0v) is 10.7. The van der Waals surface area contributed by atoms with Gasteiger partial charge in [0.2, 0.25) is 0 Å². The summed E-state index contributed by atoms with van der Waals surface area (Å²) in [7, 11) is 0. The van der Waals surface area contributed by atoms with Crippen molar-refractivity contribution in [2.45, 2.75) is 25.0 Å². The summed E-state index contributed by atoms with van der Waals surface area (Å²) in [6.45, 7) is 0. The van der Waals surface area contributed by atoms with Crippen LogP contribution in [0.15, 0.2) is 30.3 Å². The fourth-order valence-corrected chi connectivity index (χ4v) is 2.99. The van der Waals surface area contributed by atoms with Gasteiger partial charge in [-0.05, 0) is 12.1 Å². The van der Waals surface area contributed by atoms with Crippen LogP contribution < -0.4 is 0 Å². The standard InChI is InChI=1S/C15H14O5/c16-8-11-10-6-14(17)19-12(10)7-13(11)20-15(18)9-4-2-1-3-5-9/h1-5,8,10-13H,6-7H2/t10-,11-,12+,13?/m1/s1. The predicted octanol–water partition coefficient (Wildman–Crippen LogP) is 1.36. The lowest BCUT2D eigenvalue weighted by Crippen LogP contribution is -2.27. The minimum atomic E-state index is -0.511. The number of ether oxygens (including phenoxy) is 2. The molecule has 1 saturated heterocycles. The summed E-state index contributed by atoms with van der Waals surface area (Å²) in [4.78, 5) is 34.4. The van der Waals surface area contributed by atoms with E-state index >= 15 is 0 Å². The van der Waals surface area contributed by atoms with Gasteiger partial charge in [-0.1, -0.05) is 18.2 Å². The molecule has 20 heavy (non-hydrogen) atoms. The lowest BCUT2D eigenvalue weighted by Gasteiger charge is -2.17. The highest BCUT2D eigenvalue weighted by Crippen LogP contribution is 2.41. The number of esters is 2. The molecule has 1 heterocycles. The molecule has 0 radical (unpaired) electrons. The van der Waals surface area contributed by atoms with Gasteiger partial charge in [-0.15, -0.1) is 0 Å². The van der Waals surface area contributed by atoms with Crippen LogP contribution in [0.25, 0.3) is 0 Å². The number of fused-ring (bicyclic) bond motifs is 1. The highest BCUT2D eigenvalue weighted by atomic mass is 16.6. The second-order valence-corrected chi connectivity index (χ2v) is 5.16. The third kappa shape index (κ3) is 2.19. The Labute approximate surface area is 115 Å². The molecule has 1 aliphatic heterocycles. The first kappa shape index (κ1) is 12.8. The smallest absolute Gasteiger partial charge is 0.338 e. The van der Waals surface area contributed by atoms with E-state index in [4.69, 9.17) is 9.47 Å². The van der Waals surface area contributed by atoms with Crippen molar-refractivity contribution >= 4 is 18.2 Å². The van der Waals surface area contributed by atoms with E-state index in [9.17, 15) is 14.4 Å². The van der Waals surface area contributed by atoms with Crippen molar-refractivity contribution in [1.82, 2.24) is 0 Å². The SMILES string of the molecule is O=C[C@H]1C(OC(=O)c2ccccc2)C[C@@H]2OC(=O)C[C@@H]21. The number of aldehydes is 1. The Hall–Kier alpha value is -2.17. The second kappa shape index (κ2) is 5.07. The van der Waals surface area contributed by atoms with E-state index in [0.717, 1.165) is 6.29 Å². The van der Waals surface area contributed by atoms with Gasteiger partial charge in [0.15, 0.2) is 0 Å². The average molecular weight is 274 g/mol. The van der Waals surface area contributed by atoms with E-state index < -0.39 is 18.0 Å². The second-order valence-electron chi connectivity index (χ2n) is 5.16. The Morgan fingerprint density at radius 3 is 2.75 bits per heavy atom. The van der Waals surface area contributed by atoms with Gasteiger partial charge in [0, 0.05) is 12.3 Å². The summed E-state index contributed by atoms with van der Waals surface area (Å²) in [6, 6.07) is 8.63. The molecule has 0 aromatic heterocycles. The maximum atomic E-state index is 12.0. The molecule has 104 valence electrons. The normalized spacial score (nSPS) is 31.5. The van der Waals surface area contributed by atoms with E-state index in [2.05, 4.69) is 0 Å². The molecule has 5 heteroatoms. The third-order valence-electron chi connectivity index (χ3n) is 3.98. The predicted molar refractivity (Wildman–Crippen MR) is 67.8 cm³/mol. The zero-order valence-electron chi connectivity index (χ0n) is 10.7. The van der Waals surface area contributed by atoms with Crippen molar-refractivity contribution in [3.05, 3.63) is 35.9 Å². The Kier molecular flexibility index (Phi) is 3.26. The number of hydrogen-bond acceptors (Lipinski definition) is 5. The average Bonchev–Trinajstić information content (AvgIpc) is 2.95. The largest absolute Gasteiger partial charge is 0.462 e. The number of carbonyl (C=O) groups excluding carboxylic acids is 3. The lowest BCUT2D eigenvalue weighted by molar-refractivity contribution is -0.141. The first-order valence-corrected chi connectivity index (χ1v) is 6.60. The van der Waals surface area contributed by atoms with Crippen molar-refractivity contribution in [3.63, 3.8) is 0 Å². The van der Waals surface area contributed by atoms with Crippen molar-refractivity contribution in [2.75, 3.05) is 0 Å². The van der Waals surface area contributed by atoms with E-state index in [1.54, 1.807) is 24.3 Å². The summed E-state index contributed by atoms with van der Waals surface area (Å²) < 4.78 is 10.6. The van der Waals surface area contributed by atoms with E-state index in [1.807, 2.05) is 6.07 Å².